The summed E-state index contributed by atoms with van der Waals surface area (Å²) in [4.78, 5) is 27.8. The fraction of sp³-hybridized carbons (Fsp3) is 0.429. The van der Waals surface area contributed by atoms with Gasteiger partial charge in [-0.05, 0) is 47.9 Å². The van der Waals surface area contributed by atoms with Crippen molar-refractivity contribution in [2.45, 2.75) is 39.0 Å². The number of anilines is 1. The van der Waals surface area contributed by atoms with Gasteiger partial charge in [0.1, 0.15) is 0 Å². The summed E-state index contributed by atoms with van der Waals surface area (Å²) >= 11 is 1.61. The molecular weight excluding hydrogens is 344 g/mol. The van der Waals surface area contributed by atoms with Crippen LogP contribution in [0.15, 0.2) is 41.8 Å². The van der Waals surface area contributed by atoms with Crippen LogP contribution in [0.5, 0.6) is 0 Å². The van der Waals surface area contributed by atoms with Crippen molar-refractivity contribution in [1.29, 1.82) is 0 Å². The molecule has 5 heteroatoms. The second-order valence-electron chi connectivity index (χ2n) is 7.18. The van der Waals surface area contributed by atoms with Gasteiger partial charge in [0.15, 0.2) is 0 Å². The maximum atomic E-state index is 12.5. The minimum Gasteiger partial charge on any atom is -0.342 e. The molecule has 26 heavy (non-hydrogen) atoms. The molecule has 0 aliphatic carbocycles. The molecule has 4 nitrogen and oxygen atoms in total. The van der Waals surface area contributed by atoms with Crippen molar-refractivity contribution in [1.82, 2.24) is 4.90 Å². The third-order valence-electron chi connectivity index (χ3n) is 4.97. The Kier molecular flexibility index (Phi) is 6.09. The minimum absolute atomic E-state index is 0.0226. The Labute approximate surface area is 159 Å². The summed E-state index contributed by atoms with van der Waals surface area (Å²) in [5.41, 5.74) is 2.11. The van der Waals surface area contributed by atoms with Crippen molar-refractivity contribution in [3.8, 4) is 0 Å². The largest absolute Gasteiger partial charge is 0.342 e. The molecule has 0 saturated carbocycles. The molecule has 1 fully saturated rings. The topological polar surface area (TPSA) is 49.4 Å². The predicted molar refractivity (Wildman–Crippen MR) is 106 cm³/mol. The summed E-state index contributed by atoms with van der Waals surface area (Å²) < 4.78 is 0. The van der Waals surface area contributed by atoms with Gasteiger partial charge in [-0.15, -0.1) is 11.3 Å². The Morgan fingerprint density at radius 2 is 1.85 bits per heavy atom. The van der Waals surface area contributed by atoms with E-state index in [1.54, 1.807) is 11.3 Å². The van der Waals surface area contributed by atoms with Crippen molar-refractivity contribution >= 4 is 28.8 Å². The Morgan fingerprint density at radius 3 is 2.42 bits per heavy atom. The summed E-state index contributed by atoms with van der Waals surface area (Å²) in [5.74, 6) is 0.685. The van der Waals surface area contributed by atoms with Crippen LogP contribution in [0.25, 0.3) is 0 Å². The number of amides is 2. The van der Waals surface area contributed by atoms with Crippen LogP contribution < -0.4 is 5.32 Å². The molecule has 2 amide bonds. The number of hydrogen-bond donors (Lipinski definition) is 1. The smallest absolute Gasteiger partial charge is 0.227 e. The molecule has 0 spiro atoms. The van der Waals surface area contributed by atoms with E-state index in [1.165, 1.54) is 5.56 Å². The van der Waals surface area contributed by atoms with Gasteiger partial charge in [0.25, 0.3) is 0 Å². The standard InChI is InChI=1S/C21H26N2O2S/c1-15(2)16-5-7-18(8-6-16)22-21(25)17-9-11-23(12-10-17)20(24)14-19-4-3-13-26-19/h3-8,13,15,17H,9-12,14H2,1-2H3,(H,22,25). The van der Waals surface area contributed by atoms with Crippen LogP contribution in [0.2, 0.25) is 0 Å². The highest BCUT2D eigenvalue weighted by molar-refractivity contribution is 7.10. The van der Waals surface area contributed by atoms with E-state index in [0.29, 0.717) is 25.4 Å². The monoisotopic (exact) mass is 370 g/mol. The summed E-state index contributed by atoms with van der Waals surface area (Å²) in [6.07, 6.45) is 1.93. The number of hydrogen-bond acceptors (Lipinski definition) is 3. The fourth-order valence-electron chi connectivity index (χ4n) is 3.26. The average molecular weight is 371 g/mol. The molecule has 2 aromatic rings. The van der Waals surface area contributed by atoms with Gasteiger partial charge in [-0.25, -0.2) is 0 Å². The number of carbonyl (C=O) groups is 2. The van der Waals surface area contributed by atoms with Crippen molar-refractivity contribution < 1.29 is 9.59 Å². The first-order valence-corrected chi connectivity index (χ1v) is 10.1. The van der Waals surface area contributed by atoms with E-state index in [0.717, 1.165) is 23.4 Å². The quantitative estimate of drug-likeness (QED) is 0.853. The van der Waals surface area contributed by atoms with Gasteiger partial charge in [0.2, 0.25) is 11.8 Å². The van der Waals surface area contributed by atoms with E-state index < -0.39 is 0 Å². The highest BCUT2D eigenvalue weighted by Crippen LogP contribution is 2.22. The highest BCUT2D eigenvalue weighted by atomic mass is 32.1. The van der Waals surface area contributed by atoms with Crippen molar-refractivity contribution in [3.05, 3.63) is 52.2 Å². The van der Waals surface area contributed by atoms with E-state index in [9.17, 15) is 9.59 Å². The molecule has 2 heterocycles. The number of likely N-dealkylation sites (tertiary alicyclic amines) is 1. The van der Waals surface area contributed by atoms with Crippen molar-refractivity contribution in [2.24, 2.45) is 5.92 Å². The van der Waals surface area contributed by atoms with Crippen molar-refractivity contribution in [3.63, 3.8) is 0 Å². The molecule has 0 atom stereocenters. The van der Waals surface area contributed by atoms with E-state index in [-0.39, 0.29) is 17.7 Å². The number of piperidine rings is 1. The Morgan fingerprint density at radius 1 is 1.15 bits per heavy atom. The summed E-state index contributed by atoms with van der Waals surface area (Å²) in [6.45, 7) is 5.63. The van der Waals surface area contributed by atoms with E-state index in [4.69, 9.17) is 0 Å². The number of thiophene rings is 1. The van der Waals surface area contributed by atoms with Gasteiger partial charge in [0.05, 0.1) is 6.42 Å². The Hall–Kier alpha value is -2.14. The maximum Gasteiger partial charge on any atom is 0.227 e. The summed E-state index contributed by atoms with van der Waals surface area (Å²) in [7, 11) is 0. The van der Waals surface area contributed by atoms with Gasteiger partial charge >= 0.3 is 0 Å². The van der Waals surface area contributed by atoms with Crippen LogP contribution in [-0.2, 0) is 16.0 Å². The lowest BCUT2D eigenvalue weighted by molar-refractivity contribution is -0.133. The second kappa shape index (κ2) is 8.49. The van der Waals surface area contributed by atoms with Crippen LogP contribution in [-0.4, -0.2) is 29.8 Å². The number of nitrogens with one attached hydrogen (secondary N) is 1. The first-order chi connectivity index (χ1) is 12.5. The van der Waals surface area contributed by atoms with Crippen molar-refractivity contribution in [2.75, 3.05) is 18.4 Å². The fourth-order valence-corrected chi connectivity index (χ4v) is 3.96. The van der Waals surface area contributed by atoms with Gasteiger partial charge in [-0.2, -0.15) is 0 Å². The van der Waals surface area contributed by atoms with Crippen LogP contribution in [0.3, 0.4) is 0 Å². The molecule has 1 aromatic carbocycles. The van der Waals surface area contributed by atoms with E-state index in [2.05, 4.69) is 31.3 Å². The molecule has 0 radical (unpaired) electrons. The average Bonchev–Trinajstić information content (AvgIpc) is 3.15. The first-order valence-electron chi connectivity index (χ1n) is 9.24. The van der Waals surface area contributed by atoms with E-state index >= 15 is 0 Å². The van der Waals surface area contributed by atoms with Crippen LogP contribution in [0, 0.1) is 5.92 Å². The number of rotatable bonds is 5. The lowest BCUT2D eigenvalue weighted by atomic mass is 9.95. The molecular formula is C21H26N2O2S. The summed E-state index contributed by atoms with van der Waals surface area (Å²) in [6, 6.07) is 12.0. The second-order valence-corrected chi connectivity index (χ2v) is 8.21. The predicted octanol–water partition coefficient (Wildman–Crippen LogP) is 4.29. The van der Waals surface area contributed by atoms with Gasteiger partial charge < -0.3 is 10.2 Å². The molecule has 0 unspecified atom stereocenters. The molecule has 1 saturated heterocycles. The normalized spacial score (nSPS) is 15.3. The van der Waals surface area contributed by atoms with Crippen LogP contribution in [0.4, 0.5) is 5.69 Å². The van der Waals surface area contributed by atoms with Crippen LogP contribution in [0.1, 0.15) is 43.0 Å². The molecule has 1 aliphatic rings. The Balaban J connectivity index is 1.48. The lowest BCUT2D eigenvalue weighted by Gasteiger charge is -2.31. The number of carbonyl (C=O) groups excluding carboxylic acids is 2. The molecule has 1 aliphatic heterocycles. The zero-order valence-electron chi connectivity index (χ0n) is 15.4. The minimum atomic E-state index is -0.0226. The van der Waals surface area contributed by atoms with Gasteiger partial charge in [-0.1, -0.05) is 32.0 Å². The zero-order valence-corrected chi connectivity index (χ0v) is 16.2. The van der Waals surface area contributed by atoms with Gasteiger partial charge in [-0.3, -0.25) is 9.59 Å². The van der Waals surface area contributed by atoms with E-state index in [1.807, 2.05) is 34.5 Å². The molecule has 0 bridgehead atoms. The lowest BCUT2D eigenvalue weighted by Crippen LogP contribution is -2.42. The summed E-state index contributed by atoms with van der Waals surface area (Å²) in [5, 5.41) is 5.01. The maximum absolute atomic E-state index is 12.5. The highest BCUT2D eigenvalue weighted by Gasteiger charge is 2.27. The Bertz CT molecular complexity index is 730. The molecule has 3 rings (SSSR count). The molecule has 1 aromatic heterocycles. The molecule has 1 N–H and O–H groups in total. The zero-order chi connectivity index (χ0) is 18.5. The number of benzene rings is 1. The van der Waals surface area contributed by atoms with Crippen LogP contribution >= 0.6 is 11.3 Å². The SMILES string of the molecule is CC(C)c1ccc(NC(=O)C2CCN(C(=O)Cc3cccs3)CC2)cc1. The third-order valence-corrected chi connectivity index (χ3v) is 5.85. The third kappa shape index (κ3) is 4.73. The molecule has 138 valence electrons. The number of nitrogens with zero attached hydrogens (tertiary/aromatic N) is 1. The van der Waals surface area contributed by atoms with Gasteiger partial charge in [0, 0.05) is 29.6 Å². The first kappa shape index (κ1) is 18.6.